The average Bonchev–Trinajstić information content (AvgIpc) is 3.04. The van der Waals surface area contributed by atoms with Crippen LogP contribution in [0.4, 0.5) is 0 Å². The Balaban J connectivity index is 1.87. The van der Waals surface area contributed by atoms with E-state index in [4.69, 9.17) is 4.74 Å². The minimum absolute atomic E-state index is 0.732. The van der Waals surface area contributed by atoms with Gasteiger partial charge in [-0.1, -0.05) is 23.5 Å². The first-order chi connectivity index (χ1) is 9.86. The lowest BCUT2D eigenvalue weighted by molar-refractivity contribution is 0.416. The molecule has 20 heavy (non-hydrogen) atoms. The van der Waals surface area contributed by atoms with Crippen LogP contribution in [0.1, 0.15) is 10.6 Å². The molecule has 1 aliphatic rings. The zero-order valence-electron chi connectivity index (χ0n) is 11.1. The highest BCUT2D eigenvalue weighted by Gasteiger charge is 2.20. The van der Waals surface area contributed by atoms with E-state index >= 15 is 0 Å². The van der Waals surface area contributed by atoms with E-state index in [2.05, 4.69) is 15.4 Å². The maximum absolute atomic E-state index is 5.39. The fourth-order valence-corrected chi connectivity index (χ4v) is 3.63. The number of nitrogens with zero attached hydrogens (tertiary/aromatic N) is 3. The molecule has 6 heteroatoms. The van der Waals surface area contributed by atoms with E-state index in [1.807, 2.05) is 28.8 Å². The molecule has 0 atom stereocenters. The normalized spacial score (nSPS) is 14.4. The number of rotatable bonds is 2. The Hall–Kier alpha value is -1.92. The van der Waals surface area contributed by atoms with Gasteiger partial charge in [0, 0.05) is 24.4 Å². The Morgan fingerprint density at radius 2 is 2.25 bits per heavy atom. The summed E-state index contributed by atoms with van der Waals surface area (Å²) in [6.07, 6.45) is 1.00. The van der Waals surface area contributed by atoms with Crippen LogP contribution in [0.5, 0.6) is 5.75 Å². The van der Waals surface area contributed by atoms with Gasteiger partial charge in [0.25, 0.3) is 0 Å². The molecule has 4 rings (SSSR count). The Bertz CT molecular complexity index is 777. The quantitative estimate of drug-likeness (QED) is 0.784. The Labute approximate surface area is 120 Å². The van der Waals surface area contributed by atoms with E-state index < -0.39 is 0 Å². The van der Waals surface area contributed by atoms with Crippen molar-refractivity contribution in [1.29, 1.82) is 0 Å². The zero-order valence-corrected chi connectivity index (χ0v) is 11.9. The van der Waals surface area contributed by atoms with Crippen molar-refractivity contribution in [2.75, 3.05) is 13.7 Å². The Morgan fingerprint density at radius 1 is 1.35 bits per heavy atom. The molecule has 0 radical (unpaired) electrons. The second-order valence-electron chi connectivity index (χ2n) is 4.73. The van der Waals surface area contributed by atoms with Crippen LogP contribution in [-0.2, 0) is 13.0 Å². The van der Waals surface area contributed by atoms with Crippen molar-refractivity contribution in [3.63, 3.8) is 0 Å². The lowest BCUT2D eigenvalue weighted by Gasteiger charge is -2.11. The minimum Gasteiger partial charge on any atom is -0.496 e. The molecular weight excluding hydrogens is 272 g/mol. The van der Waals surface area contributed by atoms with Crippen molar-refractivity contribution in [2.24, 2.45) is 0 Å². The monoisotopic (exact) mass is 286 g/mol. The maximum atomic E-state index is 5.39. The van der Waals surface area contributed by atoms with E-state index in [1.165, 1.54) is 10.6 Å². The van der Waals surface area contributed by atoms with E-state index in [0.29, 0.717) is 0 Å². The van der Waals surface area contributed by atoms with Crippen molar-refractivity contribution in [2.45, 2.75) is 13.0 Å². The average molecular weight is 286 g/mol. The van der Waals surface area contributed by atoms with Gasteiger partial charge in [-0.3, -0.25) is 0 Å². The third-order valence-electron chi connectivity index (χ3n) is 3.54. The zero-order chi connectivity index (χ0) is 13.5. The summed E-state index contributed by atoms with van der Waals surface area (Å²) in [6, 6.07) is 7.86. The molecule has 1 aromatic carbocycles. The first-order valence-corrected chi connectivity index (χ1v) is 7.40. The molecule has 0 unspecified atom stereocenters. The number of methoxy groups -OCH3 is 1. The van der Waals surface area contributed by atoms with Crippen molar-refractivity contribution < 1.29 is 4.74 Å². The van der Waals surface area contributed by atoms with Crippen molar-refractivity contribution in [3.8, 4) is 17.1 Å². The number of nitrogens with one attached hydrogen (secondary N) is 1. The summed E-state index contributed by atoms with van der Waals surface area (Å²) in [5, 5.41) is 8.05. The Morgan fingerprint density at radius 3 is 3.15 bits per heavy atom. The van der Waals surface area contributed by atoms with Crippen molar-refractivity contribution >= 4 is 16.3 Å². The van der Waals surface area contributed by atoms with Gasteiger partial charge >= 0.3 is 0 Å². The van der Waals surface area contributed by atoms with Gasteiger partial charge in [-0.05, 0) is 12.1 Å². The van der Waals surface area contributed by atoms with Crippen LogP contribution in [0.3, 0.4) is 0 Å². The van der Waals surface area contributed by atoms with E-state index in [1.54, 1.807) is 18.4 Å². The molecule has 3 heterocycles. The summed E-state index contributed by atoms with van der Waals surface area (Å²) in [5.41, 5.74) is 2.23. The molecule has 1 aliphatic heterocycles. The molecule has 5 nitrogen and oxygen atoms in total. The second-order valence-corrected chi connectivity index (χ2v) is 5.79. The van der Waals surface area contributed by atoms with Crippen LogP contribution in [0.2, 0.25) is 0 Å². The molecule has 0 bridgehead atoms. The molecule has 3 aromatic rings. The highest BCUT2D eigenvalue weighted by atomic mass is 32.1. The van der Waals surface area contributed by atoms with Crippen molar-refractivity contribution in [3.05, 3.63) is 34.8 Å². The topological polar surface area (TPSA) is 51.5 Å². The van der Waals surface area contributed by atoms with Crippen LogP contribution < -0.4 is 10.1 Å². The number of fused-ring (bicyclic) bond motifs is 3. The third-order valence-corrected chi connectivity index (χ3v) is 4.61. The summed E-state index contributed by atoms with van der Waals surface area (Å²) >= 11 is 1.71. The molecule has 2 aromatic heterocycles. The second kappa shape index (κ2) is 4.57. The summed E-state index contributed by atoms with van der Waals surface area (Å²) in [6.45, 7) is 1.93. The largest absolute Gasteiger partial charge is 0.496 e. The number of thiazole rings is 1. The number of ether oxygens (including phenoxy) is 1. The molecule has 1 N–H and O–H groups in total. The molecule has 0 saturated heterocycles. The number of para-hydroxylation sites is 1. The fraction of sp³-hybridized carbons (Fsp3) is 0.286. The van der Waals surface area contributed by atoms with Gasteiger partial charge < -0.3 is 10.1 Å². The van der Waals surface area contributed by atoms with Crippen LogP contribution in [0.25, 0.3) is 16.3 Å². The number of aromatic nitrogens is 3. The molecule has 0 spiro atoms. The van der Waals surface area contributed by atoms with Gasteiger partial charge in [0.05, 0.1) is 18.4 Å². The van der Waals surface area contributed by atoms with Crippen molar-refractivity contribution in [1.82, 2.24) is 19.9 Å². The molecule has 0 fully saturated rings. The smallest absolute Gasteiger partial charge is 0.213 e. The molecule has 0 amide bonds. The van der Waals surface area contributed by atoms with Crippen LogP contribution >= 0.6 is 11.3 Å². The SMILES string of the molecule is COc1ccccc1-c1nc2sc3c(n2n1)CCNC3. The van der Waals surface area contributed by atoms with Gasteiger partial charge in [0.2, 0.25) is 4.96 Å². The highest BCUT2D eigenvalue weighted by Crippen LogP contribution is 2.30. The van der Waals surface area contributed by atoms with Crippen LogP contribution in [0.15, 0.2) is 24.3 Å². The maximum Gasteiger partial charge on any atom is 0.213 e. The standard InChI is InChI=1S/C14H14N4OS/c1-19-11-5-3-2-4-9(11)13-16-14-18(17-13)10-6-7-15-8-12(10)20-14/h2-5,15H,6-8H2,1H3. The molecule has 0 aliphatic carbocycles. The predicted octanol–water partition coefficient (Wildman–Crippen LogP) is 2.11. The Kier molecular flexibility index (Phi) is 2.71. The number of benzene rings is 1. The molecular formula is C14H14N4OS. The van der Waals surface area contributed by atoms with Gasteiger partial charge in [0.1, 0.15) is 5.75 Å². The molecule has 102 valence electrons. The summed E-state index contributed by atoms with van der Waals surface area (Å²) < 4.78 is 7.38. The number of hydrogen-bond donors (Lipinski definition) is 1. The van der Waals surface area contributed by atoms with E-state index in [-0.39, 0.29) is 0 Å². The van der Waals surface area contributed by atoms with E-state index in [0.717, 1.165) is 41.6 Å². The lowest BCUT2D eigenvalue weighted by Crippen LogP contribution is -2.23. The van der Waals surface area contributed by atoms with Gasteiger partial charge in [-0.2, -0.15) is 4.98 Å². The molecule has 0 saturated carbocycles. The lowest BCUT2D eigenvalue weighted by atomic mass is 10.2. The first kappa shape index (κ1) is 11.9. The third kappa shape index (κ3) is 1.72. The summed E-state index contributed by atoms with van der Waals surface area (Å²) in [7, 11) is 1.67. The van der Waals surface area contributed by atoms with Crippen LogP contribution in [0, 0.1) is 0 Å². The van der Waals surface area contributed by atoms with Gasteiger partial charge in [0.15, 0.2) is 5.82 Å². The van der Waals surface area contributed by atoms with Gasteiger partial charge in [-0.15, -0.1) is 5.10 Å². The fourth-order valence-electron chi connectivity index (χ4n) is 2.56. The summed E-state index contributed by atoms with van der Waals surface area (Å²) in [4.78, 5) is 6.96. The minimum atomic E-state index is 0.732. The van der Waals surface area contributed by atoms with Crippen LogP contribution in [-0.4, -0.2) is 28.3 Å². The first-order valence-electron chi connectivity index (χ1n) is 6.58. The highest BCUT2D eigenvalue weighted by molar-refractivity contribution is 7.17. The summed E-state index contributed by atoms with van der Waals surface area (Å²) in [5.74, 6) is 1.54. The number of hydrogen-bond acceptors (Lipinski definition) is 5. The van der Waals surface area contributed by atoms with Gasteiger partial charge in [-0.25, -0.2) is 4.52 Å². The van der Waals surface area contributed by atoms with E-state index in [9.17, 15) is 0 Å². The predicted molar refractivity (Wildman–Crippen MR) is 78.3 cm³/mol.